The van der Waals surface area contributed by atoms with E-state index >= 15 is 0 Å². The highest BCUT2D eigenvalue weighted by Gasteiger charge is 2.26. The maximum Gasteiger partial charge on any atom is 0.163 e. The van der Waals surface area contributed by atoms with Crippen LogP contribution in [-0.4, -0.2) is 63.7 Å². The van der Waals surface area contributed by atoms with E-state index in [1.165, 1.54) is 0 Å². The zero-order valence-corrected chi connectivity index (χ0v) is 14.1. The summed E-state index contributed by atoms with van der Waals surface area (Å²) in [4.78, 5) is 2.18. The second-order valence-corrected chi connectivity index (χ2v) is 6.15. The van der Waals surface area contributed by atoms with Crippen molar-refractivity contribution in [3.63, 3.8) is 0 Å². The molecule has 2 aromatic rings. The number of benzene rings is 1. The number of hydrogen-bond acceptors (Lipinski definition) is 6. The molecule has 3 rings (SSSR count). The fraction of sp³-hybridized carbons (Fsp3) is 0.529. The maximum atomic E-state index is 10.3. The average molecular weight is 332 g/mol. The lowest BCUT2D eigenvalue weighted by atomic mass is 10.2. The van der Waals surface area contributed by atoms with Gasteiger partial charge in [0, 0.05) is 26.7 Å². The molecule has 130 valence electrons. The molecule has 7 heteroatoms. The van der Waals surface area contributed by atoms with Gasteiger partial charge in [0.1, 0.15) is 30.9 Å². The van der Waals surface area contributed by atoms with Crippen molar-refractivity contribution in [2.24, 2.45) is 7.05 Å². The van der Waals surface area contributed by atoms with Crippen LogP contribution in [0.2, 0.25) is 0 Å². The van der Waals surface area contributed by atoms with Gasteiger partial charge in [0.05, 0.1) is 6.61 Å². The van der Waals surface area contributed by atoms with Crippen molar-refractivity contribution in [2.45, 2.75) is 19.1 Å². The largest absolute Gasteiger partial charge is 0.491 e. The van der Waals surface area contributed by atoms with Crippen LogP contribution in [0.3, 0.4) is 0 Å². The zero-order valence-electron chi connectivity index (χ0n) is 14.1. The fourth-order valence-corrected chi connectivity index (χ4v) is 2.86. The minimum absolute atomic E-state index is 0.115. The molecule has 0 unspecified atom stereocenters. The van der Waals surface area contributed by atoms with Gasteiger partial charge < -0.3 is 19.1 Å². The summed E-state index contributed by atoms with van der Waals surface area (Å²) in [7, 11) is 1.91. The Labute approximate surface area is 141 Å². The van der Waals surface area contributed by atoms with Crippen molar-refractivity contribution < 1.29 is 14.6 Å². The third-order valence-electron chi connectivity index (χ3n) is 4.18. The highest BCUT2D eigenvalue weighted by atomic mass is 16.5. The number of aliphatic hydroxyl groups excluding tert-OH is 1. The van der Waals surface area contributed by atoms with Crippen LogP contribution >= 0.6 is 0 Å². The Morgan fingerprint density at radius 2 is 2.25 bits per heavy atom. The fourth-order valence-electron chi connectivity index (χ4n) is 2.86. The van der Waals surface area contributed by atoms with Crippen molar-refractivity contribution in [1.29, 1.82) is 0 Å². The molecule has 2 atom stereocenters. The Morgan fingerprint density at radius 1 is 1.42 bits per heavy atom. The molecule has 7 nitrogen and oxygen atoms in total. The van der Waals surface area contributed by atoms with Crippen LogP contribution in [0.25, 0.3) is 0 Å². The summed E-state index contributed by atoms with van der Waals surface area (Å²) in [5, 5.41) is 18.3. The molecule has 1 saturated heterocycles. The molecule has 1 aromatic carbocycles. The van der Waals surface area contributed by atoms with Gasteiger partial charge in [-0.1, -0.05) is 18.2 Å². The first-order valence-electron chi connectivity index (χ1n) is 8.18. The second kappa shape index (κ2) is 7.74. The van der Waals surface area contributed by atoms with Crippen LogP contribution in [0.15, 0.2) is 30.6 Å². The van der Waals surface area contributed by atoms with Gasteiger partial charge in [-0.25, -0.2) is 0 Å². The Morgan fingerprint density at radius 3 is 3.00 bits per heavy atom. The van der Waals surface area contributed by atoms with E-state index in [0.717, 1.165) is 23.7 Å². The van der Waals surface area contributed by atoms with Crippen molar-refractivity contribution in [3.8, 4) is 5.75 Å². The minimum atomic E-state index is -0.553. The monoisotopic (exact) mass is 332 g/mol. The van der Waals surface area contributed by atoms with Crippen LogP contribution in [0.5, 0.6) is 5.75 Å². The van der Waals surface area contributed by atoms with Gasteiger partial charge in [-0.2, -0.15) is 0 Å². The van der Waals surface area contributed by atoms with E-state index in [4.69, 9.17) is 9.47 Å². The molecule has 0 aliphatic carbocycles. The minimum Gasteiger partial charge on any atom is -0.491 e. The molecule has 0 saturated carbocycles. The molecule has 0 spiro atoms. The molecule has 1 aliphatic rings. The number of hydrogen-bond donors (Lipinski definition) is 1. The number of nitrogens with zero attached hydrogens (tertiary/aromatic N) is 4. The Hall–Kier alpha value is -1.96. The van der Waals surface area contributed by atoms with Crippen molar-refractivity contribution in [2.75, 3.05) is 32.8 Å². The highest BCUT2D eigenvalue weighted by molar-refractivity contribution is 5.31. The van der Waals surface area contributed by atoms with E-state index in [-0.39, 0.29) is 12.7 Å². The molecule has 1 aliphatic heterocycles. The SMILES string of the molecule is Cc1ccccc1OC[C@H](O)CN1CCO[C@H](c2nncn2C)C1. The van der Waals surface area contributed by atoms with E-state index in [1.54, 1.807) is 6.33 Å². The van der Waals surface area contributed by atoms with Gasteiger partial charge in [-0.05, 0) is 18.6 Å². The van der Waals surface area contributed by atoms with Crippen LogP contribution in [0.1, 0.15) is 17.5 Å². The number of aliphatic hydroxyl groups is 1. The molecule has 1 aromatic heterocycles. The number of ether oxygens (including phenoxy) is 2. The van der Waals surface area contributed by atoms with Crippen molar-refractivity contribution >= 4 is 0 Å². The second-order valence-electron chi connectivity index (χ2n) is 6.15. The van der Waals surface area contributed by atoms with Gasteiger partial charge in [0.15, 0.2) is 5.82 Å². The molecular formula is C17H24N4O3. The van der Waals surface area contributed by atoms with Gasteiger partial charge in [-0.15, -0.1) is 10.2 Å². The van der Waals surface area contributed by atoms with Crippen LogP contribution in [0.4, 0.5) is 0 Å². The van der Waals surface area contributed by atoms with Gasteiger partial charge in [0.2, 0.25) is 0 Å². The third kappa shape index (κ3) is 4.11. The molecule has 0 amide bonds. The number of β-amino-alcohol motifs (C(OH)–C–C–N with tert-alkyl or cyclic N) is 1. The molecule has 1 N–H and O–H groups in total. The molecule has 0 radical (unpaired) electrons. The maximum absolute atomic E-state index is 10.3. The predicted molar refractivity (Wildman–Crippen MR) is 88.8 cm³/mol. The number of aryl methyl sites for hydroxylation is 2. The summed E-state index contributed by atoms with van der Waals surface area (Å²) in [6.07, 6.45) is 1.00. The Bertz CT molecular complexity index is 661. The molecule has 24 heavy (non-hydrogen) atoms. The first kappa shape index (κ1) is 16.9. The normalized spacial score (nSPS) is 20.0. The summed E-state index contributed by atoms with van der Waals surface area (Å²) in [6.45, 7) is 4.91. The summed E-state index contributed by atoms with van der Waals surface area (Å²) in [5.41, 5.74) is 1.07. The predicted octanol–water partition coefficient (Wildman–Crippen LogP) is 0.937. The number of morpholine rings is 1. The average Bonchev–Trinajstić information content (AvgIpc) is 3.00. The lowest BCUT2D eigenvalue weighted by molar-refractivity contribution is -0.0506. The van der Waals surface area contributed by atoms with Gasteiger partial charge in [-0.3, -0.25) is 4.90 Å². The van der Waals surface area contributed by atoms with Crippen LogP contribution in [-0.2, 0) is 11.8 Å². The quantitative estimate of drug-likeness (QED) is 0.849. The van der Waals surface area contributed by atoms with Crippen molar-refractivity contribution in [3.05, 3.63) is 42.0 Å². The van der Waals surface area contributed by atoms with E-state index < -0.39 is 6.10 Å². The smallest absolute Gasteiger partial charge is 0.163 e. The third-order valence-corrected chi connectivity index (χ3v) is 4.18. The topological polar surface area (TPSA) is 72.6 Å². The summed E-state index contributed by atoms with van der Waals surface area (Å²) in [5.74, 6) is 1.63. The van der Waals surface area contributed by atoms with Gasteiger partial charge in [0.25, 0.3) is 0 Å². The van der Waals surface area contributed by atoms with E-state index in [1.807, 2.05) is 42.8 Å². The molecule has 2 heterocycles. The number of aromatic nitrogens is 3. The Balaban J connectivity index is 1.50. The van der Waals surface area contributed by atoms with E-state index in [9.17, 15) is 5.11 Å². The van der Waals surface area contributed by atoms with Crippen LogP contribution < -0.4 is 4.74 Å². The molecule has 1 fully saturated rings. The number of para-hydroxylation sites is 1. The van der Waals surface area contributed by atoms with E-state index in [2.05, 4.69) is 15.1 Å². The first-order valence-corrected chi connectivity index (χ1v) is 8.18. The molecular weight excluding hydrogens is 308 g/mol. The molecule has 0 bridgehead atoms. The summed E-state index contributed by atoms with van der Waals surface area (Å²) < 4.78 is 13.4. The van der Waals surface area contributed by atoms with Crippen molar-refractivity contribution in [1.82, 2.24) is 19.7 Å². The first-order chi connectivity index (χ1) is 11.6. The zero-order chi connectivity index (χ0) is 16.9. The van der Waals surface area contributed by atoms with E-state index in [0.29, 0.717) is 19.7 Å². The Kier molecular flexibility index (Phi) is 5.44. The lowest BCUT2D eigenvalue weighted by Gasteiger charge is -2.33. The van der Waals surface area contributed by atoms with Crippen LogP contribution in [0, 0.1) is 6.92 Å². The number of rotatable bonds is 6. The standard InChI is InChI=1S/C17H24N4O3/c1-13-5-3-4-6-15(13)24-11-14(22)9-21-7-8-23-16(10-21)17-19-18-12-20(17)2/h3-6,12,14,16,22H,7-11H2,1-2H3/t14-,16+/m1/s1. The van der Waals surface area contributed by atoms with Gasteiger partial charge >= 0.3 is 0 Å². The summed E-state index contributed by atoms with van der Waals surface area (Å²) in [6, 6.07) is 7.82. The lowest BCUT2D eigenvalue weighted by Crippen LogP contribution is -2.44. The summed E-state index contributed by atoms with van der Waals surface area (Å²) >= 11 is 0. The highest BCUT2D eigenvalue weighted by Crippen LogP contribution is 2.20.